The number of hydrogen-bond acceptors (Lipinski definition) is 2. The first-order chi connectivity index (χ1) is 8.63. The minimum Gasteiger partial charge on any atom is -0.340 e. The third-order valence-corrected chi connectivity index (χ3v) is 2.62. The topological polar surface area (TPSA) is 27.0 Å². The van der Waals surface area contributed by atoms with Crippen LogP contribution < -0.4 is 4.90 Å². The fourth-order valence-electron chi connectivity index (χ4n) is 1.73. The van der Waals surface area contributed by atoms with Gasteiger partial charge in [-0.2, -0.15) is 5.26 Å². The summed E-state index contributed by atoms with van der Waals surface area (Å²) in [5.41, 5.74) is 0.468. The van der Waals surface area contributed by atoms with Crippen molar-refractivity contribution in [1.82, 2.24) is 0 Å². The molecule has 0 aliphatic heterocycles. The Hall–Kier alpha value is -2.41. The fourth-order valence-corrected chi connectivity index (χ4v) is 1.73. The van der Waals surface area contributed by atoms with E-state index in [1.807, 2.05) is 6.07 Å². The zero-order chi connectivity index (χ0) is 13.1. The van der Waals surface area contributed by atoms with E-state index in [9.17, 15) is 8.78 Å². The van der Waals surface area contributed by atoms with E-state index in [1.54, 1.807) is 37.4 Å². The molecule has 2 aromatic carbocycles. The van der Waals surface area contributed by atoms with Crippen molar-refractivity contribution in [1.29, 1.82) is 5.26 Å². The van der Waals surface area contributed by atoms with Gasteiger partial charge in [0.2, 0.25) is 0 Å². The first-order valence-electron chi connectivity index (χ1n) is 5.31. The zero-order valence-corrected chi connectivity index (χ0v) is 9.69. The highest BCUT2D eigenvalue weighted by atomic mass is 19.1. The van der Waals surface area contributed by atoms with Gasteiger partial charge in [-0.15, -0.1) is 0 Å². The van der Waals surface area contributed by atoms with Crippen molar-refractivity contribution >= 4 is 11.4 Å². The molecule has 0 aliphatic rings. The predicted octanol–water partition coefficient (Wildman–Crippen LogP) is 3.60. The summed E-state index contributed by atoms with van der Waals surface area (Å²) in [7, 11) is 1.57. The average molecular weight is 244 g/mol. The minimum absolute atomic E-state index is 0.0322. The second-order valence-electron chi connectivity index (χ2n) is 3.79. The van der Waals surface area contributed by atoms with Gasteiger partial charge < -0.3 is 4.90 Å². The SMILES string of the molecule is CN(c1ccccc1)c1c(F)cc(C#N)cc1F. The summed E-state index contributed by atoms with van der Waals surface area (Å²) in [4.78, 5) is 1.41. The number of rotatable bonds is 2. The number of halogens is 2. The molecular formula is C14H10F2N2. The molecule has 0 amide bonds. The smallest absolute Gasteiger partial charge is 0.151 e. The summed E-state index contributed by atoms with van der Waals surface area (Å²) in [6.07, 6.45) is 0. The molecule has 0 unspecified atom stereocenters. The largest absolute Gasteiger partial charge is 0.340 e. The molecule has 0 fully saturated rings. The molecule has 0 N–H and O–H groups in total. The highest BCUT2D eigenvalue weighted by Gasteiger charge is 2.16. The van der Waals surface area contributed by atoms with Crippen molar-refractivity contribution in [2.75, 3.05) is 11.9 Å². The van der Waals surface area contributed by atoms with Gasteiger partial charge in [-0.1, -0.05) is 18.2 Å². The van der Waals surface area contributed by atoms with Gasteiger partial charge in [-0.3, -0.25) is 0 Å². The Labute approximate surface area is 104 Å². The van der Waals surface area contributed by atoms with E-state index in [2.05, 4.69) is 0 Å². The summed E-state index contributed by atoms with van der Waals surface area (Å²) in [6.45, 7) is 0. The van der Waals surface area contributed by atoms with E-state index >= 15 is 0 Å². The molecular weight excluding hydrogens is 234 g/mol. The summed E-state index contributed by atoms with van der Waals surface area (Å²) in [6, 6.07) is 12.6. The van der Waals surface area contributed by atoms with Gasteiger partial charge in [-0.05, 0) is 24.3 Å². The van der Waals surface area contributed by atoms with Gasteiger partial charge in [0, 0.05) is 12.7 Å². The summed E-state index contributed by atoms with van der Waals surface area (Å²) < 4.78 is 27.6. The van der Waals surface area contributed by atoms with E-state index in [0.29, 0.717) is 5.69 Å². The maximum atomic E-state index is 13.8. The van der Waals surface area contributed by atoms with Gasteiger partial charge in [0.15, 0.2) is 11.6 Å². The predicted molar refractivity (Wildman–Crippen MR) is 65.6 cm³/mol. The lowest BCUT2D eigenvalue weighted by Crippen LogP contribution is -2.13. The van der Waals surface area contributed by atoms with Crippen LogP contribution in [0.1, 0.15) is 5.56 Å². The molecule has 2 aromatic rings. The van der Waals surface area contributed by atoms with Crippen LogP contribution in [0.5, 0.6) is 0 Å². The molecule has 0 aromatic heterocycles. The van der Waals surface area contributed by atoms with Crippen molar-refractivity contribution in [2.45, 2.75) is 0 Å². The number of para-hydroxylation sites is 1. The highest BCUT2D eigenvalue weighted by Crippen LogP contribution is 2.29. The second kappa shape index (κ2) is 4.84. The third-order valence-electron chi connectivity index (χ3n) is 2.62. The zero-order valence-electron chi connectivity index (χ0n) is 9.69. The Morgan fingerprint density at radius 2 is 1.61 bits per heavy atom. The first kappa shape index (κ1) is 12.1. The highest BCUT2D eigenvalue weighted by molar-refractivity contribution is 5.64. The molecule has 18 heavy (non-hydrogen) atoms. The van der Waals surface area contributed by atoms with Crippen molar-refractivity contribution < 1.29 is 8.78 Å². The van der Waals surface area contributed by atoms with Crippen molar-refractivity contribution in [3.63, 3.8) is 0 Å². The van der Waals surface area contributed by atoms with Crippen LogP contribution in [0.3, 0.4) is 0 Å². The van der Waals surface area contributed by atoms with Crippen molar-refractivity contribution in [3.05, 3.63) is 59.7 Å². The lowest BCUT2D eigenvalue weighted by molar-refractivity contribution is 0.583. The first-order valence-corrected chi connectivity index (χ1v) is 5.31. The standard InChI is InChI=1S/C14H10F2N2/c1-18(11-5-3-2-4-6-11)14-12(15)7-10(9-17)8-13(14)16/h2-8H,1H3. The lowest BCUT2D eigenvalue weighted by atomic mass is 10.1. The van der Waals surface area contributed by atoms with E-state index in [4.69, 9.17) is 5.26 Å². The van der Waals surface area contributed by atoms with E-state index < -0.39 is 11.6 Å². The summed E-state index contributed by atoms with van der Waals surface area (Å²) in [5.74, 6) is -1.50. The summed E-state index contributed by atoms with van der Waals surface area (Å²) in [5, 5.41) is 8.64. The van der Waals surface area contributed by atoms with E-state index in [0.717, 1.165) is 12.1 Å². The lowest BCUT2D eigenvalue weighted by Gasteiger charge is -2.20. The monoisotopic (exact) mass is 244 g/mol. The van der Waals surface area contributed by atoms with Gasteiger partial charge in [0.25, 0.3) is 0 Å². The second-order valence-corrected chi connectivity index (χ2v) is 3.79. The molecule has 2 nitrogen and oxygen atoms in total. The van der Waals surface area contributed by atoms with Gasteiger partial charge >= 0.3 is 0 Å². The molecule has 0 heterocycles. The molecule has 0 saturated heterocycles. The number of nitriles is 1. The van der Waals surface area contributed by atoms with Crippen LogP contribution in [0.4, 0.5) is 20.2 Å². The van der Waals surface area contributed by atoms with Gasteiger partial charge in [-0.25, -0.2) is 8.78 Å². The van der Waals surface area contributed by atoms with E-state index in [1.165, 1.54) is 4.90 Å². The summed E-state index contributed by atoms with van der Waals surface area (Å²) >= 11 is 0. The maximum Gasteiger partial charge on any atom is 0.151 e. The molecule has 0 bridgehead atoms. The van der Waals surface area contributed by atoms with Crippen molar-refractivity contribution in [3.8, 4) is 6.07 Å². The molecule has 2 rings (SSSR count). The Morgan fingerprint density at radius 3 is 2.11 bits per heavy atom. The number of anilines is 2. The van der Waals surface area contributed by atoms with Crippen LogP contribution in [0, 0.1) is 23.0 Å². The van der Waals surface area contributed by atoms with Crippen LogP contribution >= 0.6 is 0 Å². The molecule has 4 heteroatoms. The van der Waals surface area contributed by atoms with Crippen LogP contribution in [0.15, 0.2) is 42.5 Å². The quantitative estimate of drug-likeness (QED) is 0.807. The molecule has 0 radical (unpaired) electrons. The fraction of sp³-hybridized carbons (Fsp3) is 0.0714. The molecule has 0 atom stereocenters. The molecule has 90 valence electrons. The normalized spacial score (nSPS) is 9.89. The Kier molecular flexibility index (Phi) is 3.24. The average Bonchev–Trinajstić information content (AvgIpc) is 2.38. The molecule has 0 spiro atoms. The van der Waals surface area contributed by atoms with Crippen LogP contribution in [0.2, 0.25) is 0 Å². The molecule has 0 saturated carbocycles. The van der Waals surface area contributed by atoms with Crippen molar-refractivity contribution in [2.24, 2.45) is 0 Å². The number of nitrogens with zero attached hydrogens (tertiary/aromatic N) is 2. The minimum atomic E-state index is -0.752. The van der Waals surface area contributed by atoms with Gasteiger partial charge in [0.1, 0.15) is 5.69 Å². The van der Waals surface area contributed by atoms with Gasteiger partial charge in [0.05, 0.1) is 11.6 Å². The molecule has 0 aliphatic carbocycles. The maximum absolute atomic E-state index is 13.8. The Morgan fingerprint density at radius 1 is 1.06 bits per heavy atom. The van der Waals surface area contributed by atoms with Crippen LogP contribution in [-0.2, 0) is 0 Å². The Bertz CT molecular complexity index is 580. The Balaban J connectivity index is 2.50. The third kappa shape index (κ3) is 2.16. The van der Waals surface area contributed by atoms with Crippen LogP contribution in [0.25, 0.3) is 0 Å². The van der Waals surface area contributed by atoms with Crippen LogP contribution in [-0.4, -0.2) is 7.05 Å². The van der Waals surface area contributed by atoms with E-state index in [-0.39, 0.29) is 11.3 Å². The number of benzene rings is 2. The number of hydrogen-bond donors (Lipinski definition) is 0.